The average molecular weight is 472 g/mol. The summed E-state index contributed by atoms with van der Waals surface area (Å²) >= 11 is 4.23. The molecule has 12 heteroatoms. The predicted octanol–water partition coefficient (Wildman–Crippen LogP) is 1.53. The van der Waals surface area contributed by atoms with E-state index in [9.17, 15) is 14.4 Å². The minimum atomic E-state index is -1.12. The van der Waals surface area contributed by atoms with Gasteiger partial charge in [0.25, 0.3) is 5.91 Å². The van der Waals surface area contributed by atoms with E-state index in [1.165, 1.54) is 20.4 Å². The molecular weight excluding hydrogens is 458 g/mol. The lowest BCUT2D eigenvalue weighted by Gasteiger charge is -2.11. The molecule has 1 aromatic rings. The van der Waals surface area contributed by atoms with Crippen LogP contribution in [0.5, 0.6) is 11.5 Å². The second kappa shape index (κ2) is 9.90. The first-order valence-corrected chi connectivity index (χ1v) is 9.07. The minimum Gasteiger partial charge on any atom is -0.493 e. The lowest BCUT2D eigenvalue weighted by Crippen LogP contribution is -2.19. The summed E-state index contributed by atoms with van der Waals surface area (Å²) in [5.41, 5.74) is 0.579. The second-order valence-electron chi connectivity index (χ2n) is 4.95. The van der Waals surface area contributed by atoms with Crippen LogP contribution in [-0.2, 0) is 19.1 Å². The largest absolute Gasteiger partial charge is 0.493 e. The first-order chi connectivity index (χ1) is 13.3. The van der Waals surface area contributed by atoms with Crippen LogP contribution in [0.4, 0.5) is 0 Å². The summed E-state index contributed by atoms with van der Waals surface area (Å²) < 4.78 is 15.3. The van der Waals surface area contributed by atoms with Crippen molar-refractivity contribution in [3.05, 3.63) is 33.2 Å². The van der Waals surface area contributed by atoms with E-state index in [0.29, 0.717) is 15.8 Å². The molecule has 0 spiro atoms. The van der Waals surface area contributed by atoms with Gasteiger partial charge in [-0.25, -0.2) is 9.59 Å². The van der Waals surface area contributed by atoms with Crippen LogP contribution < -0.4 is 14.8 Å². The number of carboxylic acids is 1. The molecule has 0 bridgehead atoms. The fraction of sp³-hybridized carbons (Fsp3) is 0.188. The number of amidine groups is 1. The molecule has 1 fully saturated rings. The Hall–Kier alpha value is -2.86. The van der Waals surface area contributed by atoms with E-state index in [0.717, 1.165) is 17.8 Å². The number of esters is 1. The summed E-state index contributed by atoms with van der Waals surface area (Å²) in [6.45, 7) is -0.519. The van der Waals surface area contributed by atoms with E-state index >= 15 is 0 Å². The third kappa shape index (κ3) is 5.82. The number of carboxylic acid groups (broad SMARTS) is 1. The number of thioether (sulfide) groups is 1. The summed E-state index contributed by atoms with van der Waals surface area (Å²) in [5, 5.41) is 19.2. The molecule has 1 saturated heterocycles. The number of carbonyl (C=O) groups is 3. The number of hydrogen-bond acceptors (Lipinski definition) is 9. The first kappa shape index (κ1) is 21.4. The highest BCUT2D eigenvalue weighted by Crippen LogP contribution is 2.36. The smallest absolute Gasteiger partial charge is 0.341 e. The number of halogens is 1. The molecule has 1 aromatic carbocycles. The van der Waals surface area contributed by atoms with Crippen molar-refractivity contribution in [2.75, 3.05) is 20.8 Å². The Morgan fingerprint density at radius 3 is 2.75 bits per heavy atom. The zero-order chi connectivity index (χ0) is 20.7. The highest BCUT2D eigenvalue weighted by molar-refractivity contribution is 9.10. The van der Waals surface area contributed by atoms with Crippen LogP contribution in [0.3, 0.4) is 0 Å². The Balaban J connectivity index is 2.14. The molecular formula is C16H14BrN3O7S. The molecule has 0 radical (unpaired) electrons. The van der Waals surface area contributed by atoms with E-state index in [1.807, 2.05) is 0 Å². The summed E-state index contributed by atoms with van der Waals surface area (Å²) in [6, 6.07) is 3.21. The third-order valence-electron chi connectivity index (χ3n) is 3.05. The number of nitrogens with one attached hydrogen (secondary N) is 1. The van der Waals surface area contributed by atoms with Gasteiger partial charge in [-0.3, -0.25) is 10.1 Å². The number of nitrogens with zero attached hydrogens (tertiary/aromatic N) is 2. The van der Waals surface area contributed by atoms with Crippen molar-refractivity contribution in [1.82, 2.24) is 5.32 Å². The first-order valence-electron chi connectivity index (χ1n) is 7.46. The van der Waals surface area contributed by atoms with Crippen LogP contribution >= 0.6 is 27.7 Å². The SMILES string of the molecule is COC(=O)/C=C1/S/C(=N\N=Cc2cc(Br)c(OCC(=O)O)c(OC)c2)NC1=O. The van der Waals surface area contributed by atoms with E-state index < -0.39 is 24.5 Å². The van der Waals surface area contributed by atoms with Crippen LogP contribution in [0.15, 0.2) is 37.8 Å². The Morgan fingerprint density at radius 1 is 1.36 bits per heavy atom. The van der Waals surface area contributed by atoms with Crippen LogP contribution in [0.1, 0.15) is 5.56 Å². The molecule has 148 valence electrons. The summed E-state index contributed by atoms with van der Waals surface area (Å²) in [5.74, 6) is -1.70. The van der Waals surface area contributed by atoms with Gasteiger partial charge in [0.1, 0.15) is 0 Å². The number of hydrogen-bond donors (Lipinski definition) is 2. The summed E-state index contributed by atoms with van der Waals surface area (Å²) in [6.07, 6.45) is 2.46. The lowest BCUT2D eigenvalue weighted by molar-refractivity contribution is -0.139. The van der Waals surface area contributed by atoms with Gasteiger partial charge in [-0.2, -0.15) is 5.10 Å². The fourth-order valence-corrected chi connectivity index (χ4v) is 3.19. The third-order valence-corrected chi connectivity index (χ3v) is 4.54. The number of benzene rings is 1. The van der Waals surface area contributed by atoms with Gasteiger partial charge < -0.3 is 19.3 Å². The second-order valence-corrected chi connectivity index (χ2v) is 6.84. The van der Waals surface area contributed by atoms with E-state index in [2.05, 4.69) is 36.2 Å². The number of rotatable bonds is 7. The monoisotopic (exact) mass is 471 g/mol. The Labute approximate surface area is 171 Å². The number of aliphatic carboxylic acids is 1. The van der Waals surface area contributed by atoms with Crippen LogP contribution in [0.25, 0.3) is 0 Å². The number of carbonyl (C=O) groups excluding carboxylic acids is 2. The van der Waals surface area contributed by atoms with Crippen molar-refractivity contribution in [3.63, 3.8) is 0 Å². The molecule has 10 nitrogen and oxygen atoms in total. The molecule has 2 N–H and O–H groups in total. The lowest BCUT2D eigenvalue weighted by atomic mass is 10.2. The van der Waals surface area contributed by atoms with E-state index in [4.69, 9.17) is 14.6 Å². The Kier molecular flexibility index (Phi) is 7.58. The summed E-state index contributed by atoms with van der Waals surface area (Å²) in [7, 11) is 2.62. The molecule has 1 heterocycles. The van der Waals surface area contributed by atoms with Gasteiger partial charge in [-0.15, -0.1) is 5.10 Å². The molecule has 0 aromatic heterocycles. The molecule has 1 aliphatic rings. The zero-order valence-corrected chi connectivity index (χ0v) is 17.0. The number of ether oxygens (including phenoxy) is 3. The zero-order valence-electron chi connectivity index (χ0n) is 14.6. The predicted molar refractivity (Wildman–Crippen MR) is 105 cm³/mol. The van der Waals surface area contributed by atoms with Gasteiger partial charge in [0, 0.05) is 6.08 Å². The fourth-order valence-electron chi connectivity index (χ4n) is 1.88. The van der Waals surface area contributed by atoms with Crippen molar-refractivity contribution in [3.8, 4) is 11.5 Å². The van der Waals surface area contributed by atoms with Gasteiger partial charge in [0.2, 0.25) is 0 Å². The molecule has 1 aliphatic heterocycles. The van der Waals surface area contributed by atoms with Gasteiger partial charge in [0.15, 0.2) is 23.3 Å². The maximum absolute atomic E-state index is 11.7. The van der Waals surface area contributed by atoms with Crippen LogP contribution in [0, 0.1) is 0 Å². The maximum Gasteiger partial charge on any atom is 0.341 e. The molecule has 0 atom stereocenters. The van der Waals surface area contributed by atoms with Gasteiger partial charge in [-0.05, 0) is 45.4 Å². The topological polar surface area (TPSA) is 136 Å². The molecule has 1 amide bonds. The standard InChI is InChI=1S/C16H14BrN3O7S/c1-25-10-4-8(3-9(17)14(10)27-7-12(21)22)6-18-20-16-19-15(24)11(28-16)5-13(23)26-2/h3-6H,7H2,1-2H3,(H,21,22)(H,19,20,24)/b11-5+,18-6?. The Morgan fingerprint density at radius 2 is 2.11 bits per heavy atom. The molecule has 28 heavy (non-hydrogen) atoms. The van der Waals surface area contributed by atoms with Gasteiger partial charge in [0.05, 0.1) is 29.8 Å². The van der Waals surface area contributed by atoms with Crippen molar-refractivity contribution in [2.24, 2.45) is 10.2 Å². The van der Waals surface area contributed by atoms with Gasteiger partial charge in [-0.1, -0.05) is 0 Å². The molecule has 0 aliphatic carbocycles. The van der Waals surface area contributed by atoms with E-state index in [-0.39, 0.29) is 15.8 Å². The molecule has 0 unspecified atom stereocenters. The van der Waals surface area contributed by atoms with Crippen molar-refractivity contribution < 1.29 is 33.7 Å². The minimum absolute atomic E-state index is 0.144. The van der Waals surface area contributed by atoms with Crippen LogP contribution in [0.2, 0.25) is 0 Å². The van der Waals surface area contributed by atoms with Gasteiger partial charge >= 0.3 is 11.9 Å². The highest BCUT2D eigenvalue weighted by Gasteiger charge is 2.25. The molecule has 2 rings (SSSR count). The van der Waals surface area contributed by atoms with E-state index in [1.54, 1.807) is 12.1 Å². The molecule has 0 saturated carbocycles. The van der Waals surface area contributed by atoms with Crippen LogP contribution in [-0.4, -0.2) is 55.2 Å². The average Bonchev–Trinajstić information content (AvgIpc) is 2.99. The number of amides is 1. The summed E-state index contributed by atoms with van der Waals surface area (Å²) in [4.78, 5) is 33.7. The highest BCUT2D eigenvalue weighted by atomic mass is 79.9. The van der Waals surface area contributed by atoms with Crippen molar-refractivity contribution >= 4 is 56.9 Å². The van der Waals surface area contributed by atoms with Crippen molar-refractivity contribution in [2.45, 2.75) is 0 Å². The quantitative estimate of drug-likeness (QED) is 0.264. The normalized spacial score (nSPS) is 16.5. The number of methoxy groups -OCH3 is 2. The Bertz CT molecular complexity index is 898. The maximum atomic E-state index is 11.7. The van der Waals surface area contributed by atoms with Crippen molar-refractivity contribution in [1.29, 1.82) is 0 Å².